The van der Waals surface area contributed by atoms with Gasteiger partial charge in [-0.25, -0.2) is 9.82 Å². The Kier molecular flexibility index (Phi) is 7.53. The van der Waals surface area contributed by atoms with Crippen molar-refractivity contribution in [1.82, 2.24) is 5.43 Å². The van der Waals surface area contributed by atoms with E-state index in [0.29, 0.717) is 22.7 Å². The third-order valence-electron chi connectivity index (χ3n) is 4.35. The van der Waals surface area contributed by atoms with Crippen LogP contribution in [0.3, 0.4) is 0 Å². The molecule has 0 aliphatic carbocycles. The van der Waals surface area contributed by atoms with E-state index < -0.39 is 11.7 Å². The van der Waals surface area contributed by atoms with Crippen LogP contribution in [-0.2, 0) is 4.79 Å². The van der Waals surface area contributed by atoms with Gasteiger partial charge >= 0.3 is 0 Å². The maximum Gasteiger partial charge on any atom is 0.271 e. The first-order valence-electron chi connectivity index (χ1n) is 9.71. The van der Waals surface area contributed by atoms with Gasteiger partial charge in [0.1, 0.15) is 5.82 Å². The van der Waals surface area contributed by atoms with E-state index in [1.165, 1.54) is 31.5 Å². The first-order valence-corrected chi connectivity index (χ1v) is 9.71. The number of ether oxygens (including phenoxy) is 2. The Labute approximate surface area is 184 Å². The van der Waals surface area contributed by atoms with E-state index in [1.807, 2.05) is 31.2 Å². The molecule has 32 heavy (non-hydrogen) atoms. The second-order valence-electron chi connectivity index (χ2n) is 6.82. The molecule has 7 nitrogen and oxygen atoms in total. The van der Waals surface area contributed by atoms with Gasteiger partial charge in [-0.1, -0.05) is 23.8 Å². The summed E-state index contributed by atoms with van der Waals surface area (Å²) in [5, 5.41) is 6.63. The fraction of sp³-hybridized carbons (Fsp3) is 0.125. The maximum atomic E-state index is 13.2. The van der Waals surface area contributed by atoms with Crippen LogP contribution in [0.2, 0.25) is 0 Å². The lowest BCUT2D eigenvalue weighted by Crippen LogP contribution is -2.20. The van der Waals surface area contributed by atoms with Crippen molar-refractivity contribution in [2.45, 2.75) is 6.92 Å². The van der Waals surface area contributed by atoms with E-state index in [0.717, 1.165) is 11.6 Å². The van der Waals surface area contributed by atoms with Crippen molar-refractivity contribution >= 4 is 23.7 Å². The number of halogens is 1. The molecule has 0 heterocycles. The molecule has 0 aliphatic rings. The fourth-order valence-corrected chi connectivity index (χ4v) is 2.72. The second-order valence-corrected chi connectivity index (χ2v) is 6.82. The van der Waals surface area contributed by atoms with Crippen molar-refractivity contribution in [3.63, 3.8) is 0 Å². The number of aryl methyl sites for hydroxylation is 1. The van der Waals surface area contributed by atoms with Crippen LogP contribution >= 0.6 is 0 Å². The van der Waals surface area contributed by atoms with Crippen LogP contribution in [0.4, 0.5) is 10.1 Å². The van der Waals surface area contributed by atoms with Crippen LogP contribution in [0.25, 0.3) is 0 Å². The first-order chi connectivity index (χ1) is 15.4. The molecule has 3 aromatic rings. The van der Waals surface area contributed by atoms with Gasteiger partial charge in [0.15, 0.2) is 18.1 Å². The predicted molar refractivity (Wildman–Crippen MR) is 120 cm³/mol. The number of methoxy groups -OCH3 is 1. The average Bonchev–Trinajstić information content (AvgIpc) is 2.79. The molecule has 3 aromatic carbocycles. The van der Waals surface area contributed by atoms with Crippen LogP contribution in [0.15, 0.2) is 71.8 Å². The van der Waals surface area contributed by atoms with Gasteiger partial charge in [0, 0.05) is 11.3 Å². The van der Waals surface area contributed by atoms with Crippen molar-refractivity contribution in [3.8, 4) is 11.5 Å². The third kappa shape index (κ3) is 6.40. The van der Waals surface area contributed by atoms with Gasteiger partial charge in [-0.05, 0) is 61.0 Å². The number of nitrogens with one attached hydrogen (secondary N) is 2. The molecule has 0 unspecified atom stereocenters. The third-order valence-corrected chi connectivity index (χ3v) is 4.35. The zero-order valence-electron chi connectivity index (χ0n) is 17.6. The van der Waals surface area contributed by atoms with Gasteiger partial charge in [0.05, 0.1) is 13.3 Å². The lowest BCUT2D eigenvalue weighted by Gasteiger charge is -2.11. The van der Waals surface area contributed by atoms with Crippen molar-refractivity contribution < 1.29 is 23.5 Å². The van der Waals surface area contributed by atoms with Crippen LogP contribution < -0.4 is 20.2 Å². The summed E-state index contributed by atoms with van der Waals surface area (Å²) < 4.78 is 24.1. The largest absolute Gasteiger partial charge is 0.493 e. The Morgan fingerprint density at radius 2 is 1.81 bits per heavy atom. The molecule has 0 radical (unpaired) electrons. The van der Waals surface area contributed by atoms with E-state index in [9.17, 15) is 14.0 Å². The van der Waals surface area contributed by atoms with Gasteiger partial charge in [0.25, 0.3) is 11.8 Å². The van der Waals surface area contributed by atoms with Crippen molar-refractivity contribution in [3.05, 3.63) is 89.2 Å². The second kappa shape index (κ2) is 10.7. The molecule has 0 spiro atoms. The van der Waals surface area contributed by atoms with Crippen LogP contribution in [0.5, 0.6) is 11.5 Å². The number of benzene rings is 3. The number of hydrogen-bond donors (Lipinski definition) is 2. The number of carbonyl (C=O) groups is 2. The summed E-state index contributed by atoms with van der Waals surface area (Å²) in [6.45, 7) is 1.77. The van der Waals surface area contributed by atoms with Crippen molar-refractivity contribution in [2.75, 3.05) is 19.0 Å². The zero-order chi connectivity index (χ0) is 22.9. The first kappa shape index (κ1) is 22.5. The Morgan fingerprint density at radius 3 is 2.53 bits per heavy atom. The van der Waals surface area contributed by atoms with E-state index >= 15 is 0 Å². The Bertz CT molecular complexity index is 1130. The summed E-state index contributed by atoms with van der Waals surface area (Å²) in [5.41, 5.74) is 4.90. The Hall–Kier alpha value is -4.20. The van der Waals surface area contributed by atoms with Gasteiger partial charge in [0.2, 0.25) is 0 Å². The number of hydrazone groups is 1. The highest BCUT2D eigenvalue weighted by Gasteiger charge is 2.09. The van der Waals surface area contributed by atoms with Crippen LogP contribution in [-0.4, -0.2) is 31.7 Å². The SMILES string of the molecule is COc1cc(/C=N/NC(=O)c2cccc(F)c2)ccc1OCC(=O)Nc1ccc(C)cc1. The number of anilines is 1. The standard InChI is InChI=1S/C24H22FN3O4/c1-16-6-9-20(10-7-16)27-23(29)15-32-21-11-8-17(12-22(21)31-2)14-26-28-24(30)18-4-3-5-19(25)13-18/h3-14H,15H2,1-2H3,(H,27,29)(H,28,30)/b26-14+. The number of carbonyl (C=O) groups excluding carboxylic acids is 2. The van der Waals surface area contributed by atoms with Gasteiger partial charge < -0.3 is 14.8 Å². The molecule has 0 fully saturated rings. The van der Waals surface area contributed by atoms with Gasteiger partial charge in [-0.2, -0.15) is 5.10 Å². The summed E-state index contributed by atoms with van der Waals surface area (Å²) in [5.74, 6) is -0.565. The molecule has 0 aromatic heterocycles. The normalized spacial score (nSPS) is 10.6. The Balaban J connectivity index is 1.56. The monoisotopic (exact) mass is 435 g/mol. The van der Waals surface area contributed by atoms with E-state index in [2.05, 4.69) is 15.8 Å². The van der Waals surface area contributed by atoms with Crippen LogP contribution in [0, 0.1) is 12.7 Å². The molecule has 164 valence electrons. The number of hydrogen-bond acceptors (Lipinski definition) is 5. The number of nitrogens with zero attached hydrogens (tertiary/aromatic N) is 1. The highest BCUT2D eigenvalue weighted by Crippen LogP contribution is 2.27. The summed E-state index contributed by atoms with van der Waals surface area (Å²) in [6.07, 6.45) is 1.41. The quantitative estimate of drug-likeness (QED) is 0.415. The number of rotatable bonds is 8. The zero-order valence-corrected chi connectivity index (χ0v) is 17.6. The Morgan fingerprint density at radius 1 is 1.03 bits per heavy atom. The highest BCUT2D eigenvalue weighted by molar-refractivity contribution is 5.95. The molecule has 3 rings (SSSR count). The van der Waals surface area contributed by atoms with Crippen LogP contribution in [0.1, 0.15) is 21.5 Å². The molecule has 8 heteroatoms. The molecule has 0 bridgehead atoms. The van der Waals surface area contributed by atoms with Crippen molar-refractivity contribution in [1.29, 1.82) is 0 Å². The molecule has 2 N–H and O–H groups in total. The molecular weight excluding hydrogens is 413 g/mol. The minimum Gasteiger partial charge on any atom is -0.493 e. The average molecular weight is 435 g/mol. The molecule has 0 atom stereocenters. The minimum atomic E-state index is -0.535. The molecular formula is C24H22FN3O4. The highest BCUT2D eigenvalue weighted by atomic mass is 19.1. The van der Waals surface area contributed by atoms with E-state index in [-0.39, 0.29) is 18.1 Å². The smallest absolute Gasteiger partial charge is 0.271 e. The molecule has 2 amide bonds. The maximum absolute atomic E-state index is 13.2. The van der Waals surface area contributed by atoms with Crippen molar-refractivity contribution in [2.24, 2.45) is 5.10 Å². The summed E-state index contributed by atoms with van der Waals surface area (Å²) in [7, 11) is 1.47. The molecule has 0 saturated carbocycles. The number of amides is 2. The summed E-state index contributed by atoms with van der Waals surface area (Å²) >= 11 is 0. The van der Waals surface area contributed by atoms with E-state index in [4.69, 9.17) is 9.47 Å². The lowest BCUT2D eigenvalue weighted by atomic mass is 10.2. The summed E-state index contributed by atoms with van der Waals surface area (Å²) in [6, 6.07) is 17.7. The lowest BCUT2D eigenvalue weighted by molar-refractivity contribution is -0.118. The van der Waals surface area contributed by atoms with Gasteiger partial charge in [-0.15, -0.1) is 0 Å². The predicted octanol–water partition coefficient (Wildman–Crippen LogP) is 3.92. The minimum absolute atomic E-state index is 0.160. The van der Waals surface area contributed by atoms with E-state index in [1.54, 1.807) is 18.2 Å². The molecule has 0 saturated heterocycles. The van der Waals surface area contributed by atoms with Gasteiger partial charge in [-0.3, -0.25) is 9.59 Å². The summed E-state index contributed by atoms with van der Waals surface area (Å²) in [4.78, 5) is 24.1. The topological polar surface area (TPSA) is 89.0 Å². The fourth-order valence-electron chi connectivity index (χ4n) is 2.72. The molecule has 0 aliphatic heterocycles.